The molecule has 0 radical (unpaired) electrons. The highest BCUT2D eigenvalue weighted by Crippen LogP contribution is 2.24. The molecule has 1 aromatic heterocycles. The Morgan fingerprint density at radius 3 is 2.11 bits per heavy atom. The summed E-state index contributed by atoms with van der Waals surface area (Å²) in [5.41, 5.74) is 4.15. The number of rotatable bonds is 6. The van der Waals surface area contributed by atoms with Crippen LogP contribution in [0.1, 0.15) is 22.6 Å². The van der Waals surface area contributed by atoms with E-state index in [-0.39, 0.29) is 11.8 Å². The molecule has 0 fully saturated rings. The van der Waals surface area contributed by atoms with E-state index in [0.29, 0.717) is 6.54 Å². The minimum absolute atomic E-state index is 0.0191. The van der Waals surface area contributed by atoms with E-state index >= 15 is 0 Å². The third-order valence-electron chi connectivity index (χ3n) is 4.94. The quantitative estimate of drug-likeness (QED) is 0.536. The molecule has 4 rings (SSSR count). The average Bonchev–Trinajstić information content (AvgIpc) is 2.76. The number of para-hydroxylation sites is 1. The fourth-order valence-electron chi connectivity index (χ4n) is 3.58. The van der Waals surface area contributed by atoms with E-state index in [1.165, 1.54) is 0 Å². The summed E-state index contributed by atoms with van der Waals surface area (Å²) < 4.78 is 0. The molecule has 0 saturated heterocycles. The summed E-state index contributed by atoms with van der Waals surface area (Å²) >= 11 is 0. The average molecular weight is 366 g/mol. The Labute approximate surface area is 165 Å². The number of benzene rings is 3. The van der Waals surface area contributed by atoms with Gasteiger partial charge in [-0.2, -0.15) is 0 Å². The van der Waals surface area contributed by atoms with Gasteiger partial charge in [-0.1, -0.05) is 84.9 Å². The van der Waals surface area contributed by atoms with Gasteiger partial charge < -0.3 is 5.32 Å². The van der Waals surface area contributed by atoms with Crippen molar-refractivity contribution in [2.45, 2.75) is 12.3 Å². The van der Waals surface area contributed by atoms with Gasteiger partial charge in [-0.3, -0.25) is 9.78 Å². The Morgan fingerprint density at radius 2 is 1.43 bits per heavy atom. The van der Waals surface area contributed by atoms with Gasteiger partial charge in [0.1, 0.15) is 0 Å². The Morgan fingerprint density at radius 1 is 0.786 bits per heavy atom. The fourth-order valence-corrected chi connectivity index (χ4v) is 3.58. The van der Waals surface area contributed by atoms with Gasteiger partial charge >= 0.3 is 0 Å². The highest BCUT2D eigenvalue weighted by Gasteiger charge is 2.22. The van der Waals surface area contributed by atoms with Crippen LogP contribution in [-0.4, -0.2) is 17.4 Å². The van der Waals surface area contributed by atoms with Gasteiger partial charge in [-0.05, 0) is 29.2 Å². The highest BCUT2D eigenvalue weighted by atomic mass is 16.1. The molecule has 28 heavy (non-hydrogen) atoms. The standard InChI is InChI=1S/C25H22N2O/c28-25(23(19-9-3-1-4-10-19)20-11-5-2-6-12-20)27-18-16-22-14-7-13-21-15-8-17-26-24(21)22/h1-15,17,23H,16,18H2,(H,27,28). The number of carbonyl (C=O) groups excluding carboxylic acids is 1. The van der Waals surface area contributed by atoms with Crippen LogP contribution in [0.25, 0.3) is 10.9 Å². The SMILES string of the molecule is O=C(NCCc1cccc2cccnc12)C(c1ccccc1)c1ccccc1. The van der Waals surface area contributed by atoms with Crippen molar-refractivity contribution in [3.8, 4) is 0 Å². The lowest BCUT2D eigenvalue weighted by Gasteiger charge is -2.18. The van der Waals surface area contributed by atoms with Crippen LogP contribution >= 0.6 is 0 Å². The molecule has 1 heterocycles. The van der Waals surface area contributed by atoms with Gasteiger partial charge in [0.25, 0.3) is 0 Å². The number of amides is 1. The summed E-state index contributed by atoms with van der Waals surface area (Å²) in [6.45, 7) is 0.574. The van der Waals surface area contributed by atoms with E-state index in [0.717, 1.165) is 34.0 Å². The summed E-state index contributed by atoms with van der Waals surface area (Å²) in [4.78, 5) is 17.6. The van der Waals surface area contributed by atoms with E-state index in [1.807, 2.05) is 79.0 Å². The van der Waals surface area contributed by atoms with Gasteiger partial charge in [0, 0.05) is 18.1 Å². The summed E-state index contributed by atoms with van der Waals surface area (Å²) in [6, 6.07) is 30.0. The molecular formula is C25H22N2O. The van der Waals surface area contributed by atoms with Crippen molar-refractivity contribution < 1.29 is 4.79 Å². The van der Waals surface area contributed by atoms with Crippen LogP contribution in [0.2, 0.25) is 0 Å². The molecule has 4 aromatic rings. The minimum Gasteiger partial charge on any atom is -0.355 e. The zero-order valence-electron chi connectivity index (χ0n) is 15.6. The van der Waals surface area contributed by atoms with Crippen LogP contribution in [-0.2, 0) is 11.2 Å². The second-order valence-electron chi connectivity index (χ2n) is 6.79. The number of pyridine rings is 1. The topological polar surface area (TPSA) is 42.0 Å². The first-order valence-corrected chi connectivity index (χ1v) is 9.53. The van der Waals surface area contributed by atoms with E-state index in [9.17, 15) is 4.79 Å². The second-order valence-corrected chi connectivity index (χ2v) is 6.79. The third-order valence-corrected chi connectivity index (χ3v) is 4.94. The summed E-state index contributed by atoms with van der Waals surface area (Å²) in [7, 11) is 0. The first-order valence-electron chi connectivity index (χ1n) is 9.53. The van der Waals surface area contributed by atoms with Gasteiger partial charge in [-0.15, -0.1) is 0 Å². The van der Waals surface area contributed by atoms with Crippen molar-refractivity contribution in [1.82, 2.24) is 10.3 Å². The predicted molar refractivity (Wildman–Crippen MR) is 113 cm³/mol. The maximum absolute atomic E-state index is 13.1. The van der Waals surface area contributed by atoms with E-state index in [4.69, 9.17) is 0 Å². The lowest BCUT2D eigenvalue weighted by molar-refractivity contribution is -0.121. The summed E-state index contributed by atoms with van der Waals surface area (Å²) in [5, 5.41) is 4.25. The molecule has 0 unspecified atom stereocenters. The Kier molecular flexibility index (Phi) is 5.43. The summed E-state index contributed by atoms with van der Waals surface area (Å²) in [6.07, 6.45) is 2.56. The van der Waals surface area contributed by atoms with Crippen LogP contribution in [0.5, 0.6) is 0 Å². The van der Waals surface area contributed by atoms with Gasteiger partial charge in [0.05, 0.1) is 11.4 Å². The normalized spacial score (nSPS) is 10.9. The Hall–Kier alpha value is -3.46. The molecule has 0 aliphatic carbocycles. The molecule has 0 bridgehead atoms. The molecule has 3 heteroatoms. The highest BCUT2D eigenvalue weighted by molar-refractivity contribution is 5.87. The van der Waals surface area contributed by atoms with Crippen molar-refractivity contribution in [2.75, 3.05) is 6.54 Å². The van der Waals surface area contributed by atoms with Crippen LogP contribution in [0.3, 0.4) is 0 Å². The molecule has 0 spiro atoms. The van der Waals surface area contributed by atoms with Gasteiger partial charge in [-0.25, -0.2) is 0 Å². The zero-order valence-corrected chi connectivity index (χ0v) is 15.6. The van der Waals surface area contributed by atoms with E-state index in [1.54, 1.807) is 0 Å². The first kappa shape index (κ1) is 17.9. The van der Waals surface area contributed by atoms with Crippen molar-refractivity contribution in [3.05, 3.63) is 114 Å². The maximum atomic E-state index is 13.1. The number of hydrogen-bond acceptors (Lipinski definition) is 2. The molecule has 1 N–H and O–H groups in total. The first-order chi connectivity index (χ1) is 13.8. The lowest BCUT2D eigenvalue weighted by Crippen LogP contribution is -2.31. The number of nitrogens with zero attached hydrogens (tertiary/aromatic N) is 1. The van der Waals surface area contributed by atoms with Crippen LogP contribution in [0.4, 0.5) is 0 Å². The van der Waals surface area contributed by atoms with Crippen LogP contribution < -0.4 is 5.32 Å². The molecule has 0 aliphatic heterocycles. The van der Waals surface area contributed by atoms with Crippen LogP contribution in [0, 0.1) is 0 Å². The lowest BCUT2D eigenvalue weighted by atomic mass is 9.90. The minimum atomic E-state index is -0.312. The third kappa shape index (κ3) is 3.94. The molecule has 0 aliphatic rings. The van der Waals surface area contributed by atoms with E-state index in [2.05, 4.69) is 28.5 Å². The second kappa shape index (κ2) is 8.49. The Balaban J connectivity index is 1.50. The van der Waals surface area contributed by atoms with E-state index < -0.39 is 0 Å². The number of hydrogen-bond donors (Lipinski definition) is 1. The van der Waals surface area contributed by atoms with Gasteiger partial charge in [0.2, 0.25) is 5.91 Å². The largest absolute Gasteiger partial charge is 0.355 e. The molecule has 138 valence electrons. The molecule has 0 saturated carbocycles. The molecule has 1 amide bonds. The maximum Gasteiger partial charge on any atom is 0.232 e. The fraction of sp³-hybridized carbons (Fsp3) is 0.120. The number of carbonyl (C=O) groups is 1. The molecule has 3 nitrogen and oxygen atoms in total. The zero-order chi connectivity index (χ0) is 19.2. The Bertz CT molecular complexity index is 1020. The van der Waals surface area contributed by atoms with Gasteiger partial charge in [0.15, 0.2) is 0 Å². The smallest absolute Gasteiger partial charge is 0.232 e. The molecule has 0 atom stereocenters. The summed E-state index contributed by atoms with van der Waals surface area (Å²) in [5.74, 6) is -0.293. The van der Waals surface area contributed by atoms with Crippen molar-refractivity contribution in [3.63, 3.8) is 0 Å². The number of aromatic nitrogens is 1. The molecular weight excluding hydrogens is 344 g/mol. The van der Waals surface area contributed by atoms with Crippen molar-refractivity contribution in [2.24, 2.45) is 0 Å². The van der Waals surface area contributed by atoms with Crippen molar-refractivity contribution >= 4 is 16.8 Å². The number of fused-ring (bicyclic) bond motifs is 1. The van der Waals surface area contributed by atoms with Crippen LogP contribution in [0.15, 0.2) is 97.2 Å². The monoisotopic (exact) mass is 366 g/mol. The number of nitrogens with one attached hydrogen (secondary N) is 1. The predicted octanol–water partition coefficient (Wildman–Crippen LogP) is 4.73. The van der Waals surface area contributed by atoms with Crippen molar-refractivity contribution in [1.29, 1.82) is 0 Å². The molecule has 3 aromatic carbocycles.